The lowest BCUT2D eigenvalue weighted by Gasteiger charge is -1.96. The lowest BCUT2D eigenvalue weighted by molar-refractivity contribution is -0.417. The van der Waals surface area contributed by atoms with Crippen molar-refractivity contribution in [3.63, 3.8) is 0 Å². The van der Waals surface area contributed by atoms with Crippen LogP contribution in [0.15, 0.2) is 30.3 Å². The smallest absolute Gasteiger partial charge is 0.258 e. The van der Waals surface area contributed by atoms with Crippen molar-refractivity contribution in [2.24, 2.45) is 0 Å². The number of benzene rings is 1. The Kier molecular flexibility index (Phi) is 2.87. The van der Waals surface area contributed by atoms with E-state index in [0.717, 1.165) is 0 Å². The van der Waals surface area contributed by atoms with E-state index in [9.17, 15) is 20.2 Å². The molecule has 0 aliphatic carbocycles. The molecule has 6 nitrogen and oxygen atoms in total. The molecule has 0 heterocycles. The molecule has 0 bridgehead atoms. The van der Waals surface area contributed by atoms with Crippen molar-refractivity contribution in [1.29, 1.82) is 0 Å². The summed E-state index contributed by atoms with van der Waals surface area (Å²) in [6.07, 6.45) is 0. The molecule has 0 unspecified atom stereocenters. The predicted octanol–water partition coefficient (Wildman–Crippen LogP) is 1.18. The van der Waals surface area contributed by atoms with Crippen LogP contribution in [-0.4, -0.2) is 9.39 Å². The monoisotopic (exact) mass is 200 g/mol. The van der Waals surface area contributed by atoms with E-state index in [1.54, 1.807) is 6.07 Å². The Bertz CT molecular complexity index is 315. The zero-order chi connectivity index (χ0) is 9.84. The predicted molar refractivity (Wildman–Crippen MR) is 47.0 cm³/mol. The Morgan fingerprint density at radius 3 is 1.85 bits per heavy atom. The van der Waals surface area contributed by atoms with Crippen LogP contribution in [0, 0.1) is 20.2 Å². The van der Waals surface area contributed by atoms with Gasteiger partial charge in [-0.1, -0.05) is 18.2 Å². The Balaban J connectivity index is 3.03. The molecule has 0 aromatic heterocycles. The van der Waals surface area contributed by atoms with Crippen molar-refractivity contribution in [1.82, 2.24) is 0 Å². The van der Waals surface area contributed by atoms with E-state index in [1.807, 2.05) is 0 Å². The van der Waals surface area contributed by atoms with Gasteiger partial charge in [0.2, 0.25) is 0 Å². The minimum Gasteiger partial charge on any atom is -0.258 e. The van der Waals surface area contributed by atoms with Crippen molar-refractivity contribution < 1.29 is 9.39 Å². The molecular weight excluding hydrogens is 195 g/mol. The Morgan fingerprint density at radius 1 is 1.00 bits per heavy atom. The van der Waals surface area contributed by atoms with Crippen LogP contribution >= 0.6 is 8.22 Å². The van der Waals surface area contributed by atoms with Crippen LogP contribution in [0.4, 0.5) is 0 Å². The van der Waals surface area contributed by atoms with Gasteiger partial charge in [-0.3, -0.25) is 20.2 Å². The summed E-state index contributed by atoms with van der Waals surface area (Å²) in [6.45, 7) is 0. The number of nitro groups is 2. The molecule has 0 aliphatic heterocycles. The van der Waals surface area contributed by atoms with Gasteiger partial charge in [-0.2, -0.15) is 0 Å². The maximum Gasteiger partial charge on any atom is 0.633 e. The van der Waals surface area contributed by atoms with Crippen molar-refractivity contribution in [3.05, 3.63) is 50.6 Å². The van der Waals surface area contributed by atoms with Gasteiger partial charge in [-0.05, 0) is 12.1 Å². The van der Waals surface area contributed by atoms with Gasteiger partial charge in [0.25, 0.3) is 0 Å². The molecule has 0 radical (unpaired) electrons. The number of nitrogens with zero attached hydrogens (tertiary/aromatic N) is 2. The van der Waals surface area contributed by atoms with E-state index in [4.69, 9.17) is 0 Å². The average molecular weight is 200 g/mol. The minimum atomic E-state index is -2.53. The topological polar surface area (TPSA) is 86.3 Å². The number of hydrogen-bond acceptors (Lipinski definition) is 4. The number of rotatable bonds is 3. The van der Waals surface area contributed by atoms with Gasteiger partial charge in [-0.25, -0.2) is 0 Å². The summed E-state index contributed by atoms with van der Waals surface area (Å²) in [6, 6.07) is 7.50. The molecule has 0 atom stereocenters. The van der Waals surface area contributed by atoms with Crippen LogP contribution in [-0.2, 0) is 0 Å². The summed E-state index contributed by atoms with van der Waals surface area (Å²) in [7, 11) is -2.53. The Labute approximate surface area is 74.3 Å². The SMILES string of the molecule is O=[N+]([O-])P(c1ccccc1)[N+](=O)[O-]. The van der Waals surface area contributed by atoms with E-state index in [-0.39, 0.29) is 5.30 Å². The fourth-order valence-electron chi connectivity index (χ4n) is 0.810. The highest BCUT2D eigenvalue weighted by Crippen LogP contribution is 2.33. The van der Waals surface area contributed by atoms with Gasteiger partial charge in [0.15, 0.2) is 0 Å². The molecule has 0 saturated carbocycles. The van der Waals surface area contributed by atoms with Crippen LogP contribution in [0.5, 0.6) is 0 Å². The van der Waals surface area contributed by atoms with E-state index < -0.39 is 17.6 Å². The molecule has 0 N–H and O–H groups in total. The molecule has 13 heavy (non-hydrogen) atoms. The first-order valence-corrected chi connectivity index (χ1v) is 4.51. The summed E-state index contributed by atoms with van der Waals surface area (Å²) >= 11 is 0. The lowest BCUT2D eigenvalue weighted by atomic mass is 10.4. The fraction of sp³-hybridized carbons (Fsp3) is 0. The average Bonchev–Trinajstić information content (AvgIpc) is 2.04. The first-order chi connectivity index (χ1) is 6.13. The lowest BCUT2D eigenvalue weighted by Crippen LogP contribution is -2.12. The second-order valence-corrected chi connectivity index (χ2v) is 3.85. The van der Waals surface area contributed by atoms with E-state index in [2.05, 4.69) is 0 Å². The highest BCUT2D eigenvalue weighted by molar-refractivity contribution is 7.53. The first kappa shape index (κ1) is 9.54. The summed E-state index contributed by atoms with van der Waals surface area (Å²) in [4.78, 5) is 20.7. The van der Waals surface area contributed by atoms with Crippen LogP contribution in [0.2, 0.25) is 0 Å². The van der Waals surface area contributed by atoms with E-state index >= 15 is 0 Å². The third-order valence-electron chi connectivity index (χ3n) is 1.30. The maximum absolute atomic E-state index is 10.3. The van der Waals surface area contributed by atoms with Gasteiger partial charge in [0.05, 0.1) is 0 Å². The van der Waals surface area contributed by atoms with Gasteiger partial charge in [-0.15, -0.1) is 0 Å². The summed E-state index contributed by atoms with van der Waals surface area (Å²) in [5.41, 5.74) is 0. The highest BCUT2D eigenvalue weighted by atomic mass is 31.1. The van der Waals surface area contributed by atoms with Crippen LogP contribution in [0.25, 0.3) is 0 Å². The van der Waals surface area contributed by atoms with Gasteiger partial charge in [0.1, 0.15) is 14.7 Å². The molecule has 0 saturated heterocycles. The molecule has 1 aromatic carbocycles. The zero-order valence-corrected chi connectivity index (χ0v) is 7.26. The molecule has 7 heteroatoms. The summed E-state index contributed by atoms with van der Waals surface area (Å²) < 4.78 is -1.71. The molecule has 68 valence electrons. The highest BCUT2D eigenvalue weighted by Gasteiger charge is 2.41. The first-order valence-electron chi connectivity index (χ1n) is 3.26. The molecule has 0 aliphatic rings. The molecule has 0 spiro atoms. The largest absolute Gasteiger partial charge is 0.633 e. The van der Waals surface area contributed by atoms with Gasteiger partial charge in [0, 0.05) is 0 Å². The standard InChI is InChI=1S/C6H5N2O4P/c9-7(10)13(8(11)12)6-4-2-1-3-5-6/h1-5H. The second kappa shape index (κ2) is 3.91. The second-order valence-electron chi connectivity index (χ2n) is 2.10. The van der Waals surface area contributed by atoms with Gasteiger partial charge >= 0.3 is 8.22 Å². The van der Waals surface area contributed by atoms with Crippen molar-refractivity contribution >= 4 is 13.5 Å². The minimum absolute atomic E-state index is 0.146. The molecule has 1 rings (SSSR count). The normalized spacial score (nSPS) is 9.92. The van der Waals surface area contributed by atoms with E-state index in [1.165, 1.54) is 24.3 Å². The van der Waals surface area contributed by atoms with Crippen molar-refractivity contribution in [3.8, 4) is 0 Å². The van der Waals surface area contributed by atoms with Crippen molar-refractivity contribution in [2.75, 3.05) is 0 Å². The van der Waals surface area contributed by atoms with E-state index in [0.29, 0.717) is 0 Å². The molecule has 1 aromatic rings. The fourth-order valence-corrected chi connectivity index (χ4v) is 1.74. The summed E-state index contributed by atoms with van der Waals surface area (Å²) in [5, 5.41) is 20.8. The van der Waals surface area contributed by atoms with Crippen LogP contribution in [0.1, 0.15) is 0 Å². The molecule has 0 fully saturated rings. The Morgan fingerprint density at radius 2 is 1.46 bits per heavy atom. The van der Waals surface area contributed by atoms with Gasteiger partial charge < -0.3 is 0 Å². The van der Waals surface area contributed by atoms with Crippen LogP contribution in [0.3, 0.4) is 0 Å². The maximum atomic E-state index is 10.3. The molecule has 0 amide bonds. The van der Waals surface area contributed by atoms with Crippen molar-refractivity contribution in [2.45, 2.75) is 0 Å². The number of hydrogen-bond donors (Lipinski definition) is 0. The third kappa shape index (κ3) is 2.19. The summed E-state index contributed by atoms with van der Waals surface area (Å²) in [5.74, 6) is 0. The quantitative estimate of drug-likeness (QED) is 0.416. The zero-order valence-electron chi connectivity index (χ0n) is 6.36. The Hall–Kier alpha value is -1.55. The molecular formula is C6H5N2O4P. The van der Waals surface area contributed by atoms with Crippen LogP contribution < -0.4 is 5.30 Å². The third-order valence-corrected chi connectivity index (χ3v) is 2.68.